The Morgan fingerprint density at radius 1 is 1.62 bits per heavy atom. The zero-order valence-electron chi connectivity index (χ0n) is 9.90. The van der Waals surface area contributed by atoms with Gasteiger partial charge in [-0.25, -0.2) is 0 Å². The van der Waals surface area contributed by atoms with Gasteiger partial charge in [-0.1, -0.05) is 6.07 Å². The van der Waals surface area contributed by atoms with Crippen molar-refractivity contribution in [3.8, 4) is 0 Å². The molecule has 1 aliphatic heterocycles. The maximum absolute atomic E-state index is 12.3. The molecule has 1 amide bonds. The zero-order valence-corrected chi connectivity index (χ0v) is 10.7. The Hall–Kier alpha value is -0.870. The van der Waals surface area contributed by atoms with E-state index in [0.29, 0.717) is 13.2 Å². The number of nitrogens with zero attached hydrogens (tertiary/aromatic N) is 1. The molecule has 0 spiro atoms. The normalized spacial score (nSPS) is 24.4. The summed E-state index contributed by atoms with van der Waals surface area (Å²) in [6.45, 7) is 7.37. The second-order valence-electron chi connectivity index (χ2n) is 4.83. The highest BCUT2D eigenvalue weighted by atomic mass is 32.1. The lowest BCUT2D eigenvalue weighted by Gasteiger charge is -2.44. The van der Waals surface area contributed by atoms with Crippen molar-refractivity contribution < 1.29 is 9.53 Å². The summed E-state index contributed by atoms with van der Waals surface area (Å²) < 4.78 is 5.60. The Morgan fingerprint density at radius 3 is 3.00 bits per heavy atom. The maximum Gasteiger partial charge on any atom is 0.264 e. The molecule has 1 aliphatic rings. The molecule has 0 aliphatic carbocycles. The van der Waals surface area contributed by atoms with Crippen molar-refractivity contribution in [3.05, 3.63) is 22.4 Å². The van der Waals surface area contributed by atoms with E-state index in [1.165, 1.54) is 11.3 Å². The number of amides is 1. The van der Waals surface area contributed by atoms with Crippen LogP contribution in [0.3, 0.4) is 0 Å². The summed E-state index contributed by atoms with van der Waals surface area (Å²) in [6.07, 6.45) is 0.122. The summed E-state index contributed by atoms with van der Waals surface area (Å²) in [5.41, 5.74) is -0.215. The Labute approximate surface area is 100 Å². The van der Waals surface area contributed by atoms with Crippen molar-refractivity contribution in [2.24, 2.45) is 0 Å². The van der Waals surface area contributed by atoms with Gasteiger partial charge < -0.3 is 9.64 Å². The number of hydrogen-bond donors (Lipinski definition) is 0. The minimum atomic E-state index is -0.215. The summed E-state index contributed by atoms with van der Waals surface area (Å²) >= 11 is 1.49. The summed E-state index contributed by atoms with van der Waals surface area (Å²) in [4.78, 5) is 15.0. The summed E-state index contributed by atoms with van der Waals surface area (Å²) in [6, 6.07) is 3.79. The molecule has 0 saturated carbocycles. The molecule has 2 rings (SSSR count). The number of carbonyl (C=O) groups excluding carboxylic acids is 1. The van der Waals surface area contributed by atoms with E-state index in [2.05, 4.69) is 0 Å². The molecule has 0 unspecified atom stereocenters. The minimum absolute atomic E-state index is 0.121. The van der Waals surface area contributed by atoms with E-state index >= 15 is 0 Å². The van der Waals surface area contributed by atoms with Gasteiger partial charge in [0.05, 0.1) is 23.1 Å². The molecule has 0 N–H and O–H groups in total. The van der Waals surface area contributed by atoms with Crippen LogP contribution in [-0.4, -0.2) is 35.6 Å². The molecule has 16 heavy (non-hydrogen) atoms. The highest BCUT2D eigenvalue weighted by Gasteiger charge is 2.37. The van der Waals surface area contributed by atoms with E-state index < -0.39 is 0 Å². The van der Waals surface area contributed by atoms with Gasteiger partial charge >= 0.3 is 0 Å². The standard InChI is InChI=1S/C12H17NO2S/c1-9-7-13(12(2,3)8-15-9)11(14)10-5-4-6-16-10/h4-6,9H,7-8H2,1-3H3/t9-/m0/s1. The SMILES string of the molecule is C[C@H]1CN(C(=O)c2cccs2)C(C)(C)CO1. The summed E-state index contributed by atoms with van der Waals surface area (Å²) in [7, 11) is 0. The fourth-order valence-electron chi connectivity index (χ4n) is 1.87. The topological polar surface area (TPSA) is 29.5 Å². The highest BCUT2D eigenvalue weighted by molar-refractivity contribution is 7.12. The third-order valence-corrected chi connectivity index (χ3v) is 3.73. The number of rotatable bonds is 1. The van der Waals surface area contributed by atoms with Crippen molar-refractivity contribution in [3.63, 3.8) is 0 Å². The van der Waals surface area contributed by atoms with Gasteiger partial charge in [0.15, 0.2) is 0 Å². The predicted octanol–water partition coefficient (Wildman–Crippen LogP) is 2.39. The largest absolute Gasteiger partial charge is 0.374 e. The lowest BCUT2D eigenvalue weighted by atomic mass is 10.0. The molecule has 2 heterocycles. The van der Waals surface area contributed by atoms with Crippen molar-refractivity contribution in [1.29, 1.82) is 0 Å². The van der Waals surface area contributed by atoms with Crippen LogP contribution in [0.1, 0.15) is 30.4 Å². The van der Waals surface area contributed by atoms with Gasteiger partial charge in [0.25, 0.3) is 5.91 Å². The number of thiophene rings is 1. The average Bonchev–Trinajstić information content (AvgIpc) is 2.74. The van der Waals surface area contributed by atoms with Gasteiger partial charge in [-0.3, -0.25) is 4.79 Å². The molecule has 0 bridgehead atoms. The molecule has 1 atom stereocenters. The monoisotopic (exact) mass is 239 g/mol. The molecule has 1 aromatic heterocycles. The molecule has 1 aromatic rings. The van der Waals surface area contributed by atoms with Crippen molar-refractivity contribution in [1.82, 2.24) is 4.90 Å². The molecule has 0 radical (unpaired) electrons. The number of ether oxygens (including phenoxy) is 1. The van der Waals surface area contributed by atoms with Crippen LogP contribution < -0.4 is 0 Å². The van der Waals surface area contributed by atoms with E-state index in [1.807, 2.05) is 43.2 Å². The lowest BCUT2D eigenvalue weighted by Crippen LogP contribution is -2.57. The molecule has 4 heteroatoms. The van der Waals surface area contributed by atoms with Gasteiger partial charge in [-0.15, -0.1) is 11.3 Å². The first kappa shape index (κ1) is 11.6. The van der Waals surface area contributed by atoms with Crippen molar-refractivity contribution in [2.45, 2.75) is 32.4 Å². The molecular formula is C12H17NO2S. The van der Waals surface area contributed by atoms with E-state index in [0.717, 1.165) is 4.88 Å². The fourth-order valence-corrected chi connectivity index (χ4v) is 2.54. The lowest BCUT2D eigenvalue weighted by molar-refractivity contribution is -0.0754. The van der Waals surface area contributed by atoms with Gasteiger partial charge in [0.2, 0.25) is 0 Å². The van der Waals surface area contributed by atoms with Gasteiger partial charge in [0, 0.05) is 6.54 Å². The molecule has 0 aromatic carbocycles. The van der Waals surface area contributed by atoms with Gasteiger partial charge in [0.1, 0.15) is 0 Å². The number of hydrogen-bond acceptors (Lipinski definition) is 3. The zero-order chi connectivity index (χ0) is 11.8. The Bertz CT molecular complexity index is 372. The van der Waals surface area contributed by atoms with E-state index in [1.54, 1.807) is 0 Å². The molecular weight excluding hydrogens is 222 g/mol. The minimum Gasteiger partial charge on any atom is -0.374 e. The maximum atomic E-state index is 12.3. The first-order chi connectivity index (χ1) is 7.50. The molecule has 1 saturated heterocycles. The number of morpholine rings is 1. The van der Waals surface area contributed by atoms with Crippen molar-refractivity contribution >= 4 is 17.2 Å². The van der Waals surface area contributed by atoms with Crippen LogP contribution >= 0.6 is 11.3 Å². The predicted molar refractivity (Wildman–Crippen MR) is 64.8 cm³/mol. The van der Waals surface area contributed by atoms with Crippen LogP contribution in [0.25, 0.3) is 0 Å². The van der Waals surface area contributed by atoms with Crippen molar-refractivity contribution in [2.75, 3.05) is 13.2 Å². The molecule has 3 nitrogen and oxygen atoms in total. The summed E-state index contributed by atoms with van der Waals surface area (Å²) in [5.74, 6) is 0.121. The van der Waals surface area contributed by atoms with Crippen LogP contribution in [0.15, 0.2) is 17.5 Å². The summed E-state index contributed by atoms with van der Waals surface area (Å²) in [5, 5.41) is 1.93. The van der Waals surface area contributed by atoms with Crippen LogP contribution in [0, 0.1) is 0 Å². The highest BCUT2D eigenvalue weighted by Crippen LogP contribution is 2.25. The van der Waals surface area contributed by atoms with Crippen LogP contribution in [0.4, 0.5) is 0 Å². The van der Waals surface area contributed by atoms with E-state index in [-0.39, 0.29) is 17.6 Å². The average molecular weight is 239 g/mol. The Kier molecular flexibility index (Phi) is 3.04. The first-order valence-electron chi connectivity index (χ1n) is 5.48. The van der Waals surface area contributed by atoms with Gasteiger partial charge in [-0.05, 0) is 32.2 Å². The van der Waals surface area contributed by atoms with Crippen LogP contribution in [0.2, 0.25) is 0 Å². The third kappa shape index (κ3) is 2.13. The second-order valence-corrected chi connectivity index (χ2v) is 5.77. The van der Waals surface area contributed by atoms with E-state index in [4.69, 9.17) is 4.74 Å². The third-order valence-electron chi connectivity index (χ3n) is 2.87. The Morgan fingerprint density at radius 2 is 2.38 bits per heavy atom. The van der Waals surface area contributed by atoms with E-state index in [9.17, 15) is 4.79 Å². The molecule has 88 valence electrons. The quantitative estimate of drug-likeness (QED) is 0.753. The second kappa shape index (κ2) is 4.18. The van der Waals surface area contributed by atoms with Gasteiger partial charge in [-0.2, -0.15) is 0 Å². The molecule has 1 fully saturated rings. The smallest absolute Gasteiger partial charge is 0.264 e. The fraction of sp³-hybridized carbons (Fsp3) is 0.583. The van der Waals surface area contributed by atoms with Crippen LogP contribution in [-0.2, 0) is 4.74 Å². The first-order valence-corrected chi connectivity index (χ1v) is 6.36. The number of carbonyl (C=O) groups is 1. The van der Waals surface area contributed by atoms with Crippen LogP contribution in [0.5, 0.6) is 0 Å². The Balaban J connectivity index is 2.21.